The third-order valence-electron chi connectivity index (χ3n) is 6.26. The first-order valence-electron chi connectivity index (χ1n) is 12.3. The number of hydrogen-bond acceptors (Lipinski definition) is 6. The lowest BCUT2D eigenvalue weighted by atomic mass is 10.0. The number of halogens is 1. The second kappa shape index (κ2) is 11.7. The van der Waals surface area contributed by atoms with E-state index in [2.05, 4.69) is 9.80 Å². The van der Waals surface area contributed by atoms with Gasteiger partial charge in [-0.1, -0.05) is 42.5 Å². The fourth-order valence-electron chi connectivity index (χ4n) is 4.41. The molecule has 3 aromatic rings. The normalized spacial score (nSPS) is 15.5. The Morgan fingerprint density at radius 2 is 1.74 bits per heavy atom. The summed E-state index contributed by atoms with van der Waals surface area (Å²) in [6.07, 6.45) is 0.177. The highest BCUT2D eigenvalue weighted by molar-refractivity contribution is 5.61. The minimum Gasteiger partial charge on any atom is -0.389 e. The van der Waals surface area contributed by atoms with Crippen molar-refractivity contribution in [1.29, 1.82) is 0 Å². The summed E-state index contributed by atoms with van der Waals surface area (Å²) in [7, 11) is 0. The molecule has 0 spiro atoms. The summed E-state index contributed by atoms with van der Waals surface area (Å²) in [4.78, 5) is 14.4. The third kappa shape index (κ3) is 6.84. The van der Waals surface area contributed by atoms with Crippen LogP contribution in [0.1, 0.15) is 30.7 Å². The van der Waals surface area contributed by atoms with Gasteiger partial charge in [0.05, 0.1) is 18.8 Å². The molecule has 4 rings (SSSR count). The summed E-state index contributed by atoms with van der Waals surface area (Å²) < 4.78 is 19.4. The largest absolute Gasteiger partial charge is 0.389 e. The van der Waals surface area contributed by atoms with Crippen LogP contribution in [0, 0.1) is 12.7 Å². The van der Waals surface area contributed by atoms with E-state index in [1.165, 1.54) is 6.07 Å². The molecule has 1 unspecified atom stereocenters. The predicted octanol–water partition coefficient (Wildman–Crippen LogP) is 4.09. The van der Waals surface area contributed by atoms with E-state index in [9.17, 15) is 9.50 Å². The van der Waals surface area contributed by atoms with Crippen molar-refractivity contribution in [3.63, 3.8) is 0 Å². The van der Waals surface area contributed by atoms with Crippen molar-refractivity contribution < 1.29 is 14.2 Å². The van der Waals surface area contributed by atoms with Gasteiger partial charge in [0.15, 0.2) is 5.82 Å². The summed E-state index contributed by atoms with van der Waals surface area (Å²) in [5.41, 5.74) is 3.80. The average Bonchev–Trinajstić information content (AvgIpc) is 2.85. The minimum absolute atomic E-state index is 0.109. The summed E-state index contributed by atoms with van der Waals surface area (Å²) in [5, 5.41) is 10.3. The Bertz CT molecular complexity index is 1100. The predicted molar refractivity (Wildman–Crippen MR) is 137 cm³/mol. The Kier molecular flexibility index (Phi) is 8.44. The van der Waals surface area contributed by atoms with Crippen LogP contribution >= 0.6 is 0 Å². The van der Waals surface area contributed by atoms with Crippen LogP contribution in [-0.2, 0) is 11.2 Å². The molecule has 6 nitrogen and oxygen atoms in total. The second-order valence-electron chi connectivity index (χ2n) is 9.43. The molecule has 35 heavy (non-hydrogen) atoms. The number of piperazine rings is 1. The molecule has 1 aliphatic heterocycles. The number of aliphatic hydroxyl groups is 1. The Hall–Kier alpha value is -2.87. The quantitative estimate of drug-likeness (QED) is 0.500. The summed E-state index contributed by atoms with van der Waals surface area (Å²) >= 11 is 0. The van der Waals surface area contributed by atoms with Crippen LogP contribution in [0.3, 0.4) is 0 Å². The maximum absolute atomic E-state index is 13.9. The summed E-state index contributed by atoms with van der Waals surface area (Å²) in [6.45, 7) is 10.1. The topological polar surface area (TPSA) is 61.7 Å². The molecule has 0 saturated carbocycles. The first kappa shape index (κ1) is 25.2. The molecule has 0 aliphatic carbocycles. The van der Waals surface area contributed by atoms with Crippen LogP contribution in [0.4, 0.5) is 10.2 Å². The van der Waals surface area contributed by atoms with E-state index < -0.39 is 6.10 Å². The van der Waals surface area contributed by atoms with Crippen molar-refractivity contribution in [3.8, 4) is 11.4 Å². The van der Waals surface area contributed by atoms with E-state index in [1.807, 2.05) is 57.2 Å². The molecule has 0 bridgehead atoms. The van der Waals surface area contributed by atoms with E-state index in [1.54, 1.807) is 12.1 Å². The van der Waals surface area contributed by atoms with Crippen molar-refractivity contribution in [2.24, 2.45) is 0 Å². The lowest BCUT2D eigenvalue weighted by Gasteiger charge is -2.37. The smallest absolute Gasteiger partial charge is 0.161 e. The number of hydrogen-bond donors (Lipinski definition) is 1. The number of rotatable bonds is 9. The maximum Gasteiger partial charge on any atom is 0.161 e. The van der Waals surface area contributed by atoms with E-state index in [0.717, 1.165) is 54.4 Å². The van der Waals surface area contributed by atoms with E-state index >= 15 is 0 Å². The van der Waals surface area contributed by atoms with Crippen molar-refractivity contribution in [2.45, 2.75) is 39.4 Å². The van der Waals surface area contributed by atoms with Gasteiger partial charge in [-0.15, -0.1) is 0 Å². The van der Waals surface area contributed by atoms with Gasteiger partial charge >= 0.3 is 0 Å². The number of aromatic nitrogens is 2. The summed E-state index contributed by atoms with van der Waals surface area (Å²) in [6, 6.07) is 16.7. The van der Waals surface area contributed by atoms with Gasteiger partial charge < -0.3 is 14.7 Å². The maximum atomic E-state index is 13.9. The highest BCUT2D eigenvalue weighted by Gasteiger charge is 2.24. The van der Waals surface area contributed by atoms with Gasteiger partial charge in [-0.25, -0.2) is 14.4 Å². The third-order valence-corrected chi connectivity index (χ3v) is 6.26. The monoisotopic (exact) mass is 478 g/mol. The van der Waals surface area contributed by atoms with Gasteiger partial charge in [-0.2, -0.15) is 0 Å². The van der Waals surface area contributed by atoms with E-state index in [0.29, 0.717) is 25.4 Å². The number of aliphatic hydroxyl groups excluding tert-OH is 1. The van der Waals surface area contributed by atoms with Gasteiger partial charge in [-0.3, -0.25) is 4.90 Å². The second-order valence-corrected chi connectivity index (χ2v) is 9.43. The van der Waals surface area contributed by atoms with E-state index in [4.69, 9.17) is 14.7 Å². The Morgan fingerprint density at radius 3 is 2.43 bits per heavy atom. The molecule has 1 saturated heterocycles. The molecule has 7 heteroatoms. The lowest BCUT2D eigenvalue weighted by Crippen LogP contribution is -2.49. The molecule has 1 fully saturated rings. The zero-order valence-electron chi connectivity index (χ0n) is 20.8. The molecule has 2 aromatic carbocycles. The van der Waals surface area contributed by atoms with Crippen molar-refractivity contribution >= 4 is 5.82 Å². The highest BCUT2D eigenvalue weighted by Crippen LogP contribution is 2.28. The van der Waals surface area contributed by atoms with Crippen LogP contribution < -0.4 is 4.90 Å². The molecular formula is C28H35FN4O2. The molecular weight excluding hydrogens is 443 g/mol. The lowest BCUT2D eigenvalue weighted by molar-refractivity contribution is -0.00901. The molecule has 0 radical (unpaired) electrons. The molecule has 1 N–H and O–H groups in total. The van der Waals surface area contributed by atoms with Crippen LogP contribution in [-0.4, -0.2) is 71.5 Å². The van der Waals surface area contributed by atoms with Crippen molar-refractivity contribution in [3.05, 3.63) is 77.2 Å². The molecule has 1 aliphatic rings. The SMILES string of the molecule is Cc1nc(-c2ccccc2)nc(N2CCN(CC(O)COC(C)C)CC2)c1Cc1cccc(F)c1. The first-order valence-corrected chi connectivity index (χ1v) is 12.3. The number of β-amino-alcohol motifs (C(OH)–C–C–N with tert-alkyl or cyclic N) is 1. The van der Waals surface area contributed by atoms with Gasteiger partial charge in [0, 0.05) is 56.0 Å². The zero-order valence-corrected chi connectivity index (χ0v) is 20.8. The minimum atomic E-state index is -0.501. The summed E-state index contributed by atoms with van der Waals surface area (Å²) in [5.74, 6) is 1.37. The van der Waals surface area contributed by atoms with Crippen LogP contribution in [0.25, 0.3) is 11.4 Å². The van der Waals surface area contributed by atoms with Crippen LogP contribution in [0.5, 0.6) is 0 Å². The Labute approximate surface area is 207 Å². The molecule has 2 heterocycles. The molecule has 186 valence electrons. The number of aryl methyl sites for hydroxylation is 1. The van der Waals surface area contributed by atoms with Crippen LogP contribution in [0.2, 0.25) is 0 Å². The fraction of sp³-hybridized carbons (Fsp3) is 0.429. The molecule has 1 aromatic heterocycles. The highest BCUT2D eigenvalue weighted by atomic mass is 19.1. The fourth-order valence-corrected chi connectivity index (χ4v) is 4.41. The van der Waals surface area contributed by atoms with E-state index in [-0.39, 0.29) is 11.9 Å². The zero-order chi connectivity index (χ0) is 24.8. The van der Waals surface area contributed by atoms with Crippen LogP contribution in [0.15, 0.2) is 54.6 Å². The Morgan fingerprint density at radius 1 is 1.00 bits per heavy atom. The van der Waals surface area contributed by atoms with Crippen molar-refractivity contribution in [1.82, 2.24) is 14.9 Å². The van der Waals surface area contributed by atoms with Crippen molar-refractivity contribution in [2.75, 3.05) is 44.2 Å². The number of nitrogens with zero attached hydrogens (tertiary/aromatic N) is 4. The van der Waals surface area contributed by atoms with Gasteiger partial charge in [-0.05, 0) is 38.5 Å². The average molecular weight is 479 g/mol. The van der Waals surface area contributed by atoms with Gasteiger partial charge in [0.1, 0.15) is 11.6 Å². The first-order chi connectivity index (χ1) is 16.9. The number of benzene rings is 2. The van der Waals surface area contributed by atoms with Gasteiger partial charge in [0.2, 0.25) is 0 Å². The standard InChI is InChI=1S/C28H35FN4O2/c1-20(2)35-19-25(34)18-32-12-14-33(15-13-32)28-26(17-22-8-7-11-24(29)16-22)21(3)30-27(31-28)23-9-5-4-6-10-23/h4-11,16,20,25,34H,12-15,17-19H2,1-3H3. The Balaban J connectivity index is 1.55. The number of ether oxygens (including phenoxy) is 1. The van der Waals surface area contributed by atoms with Gasteiger partial charge in [0.25, 0.3) is 0 Å². The molecule has 0 amide bonds. The molecule has 1 atom stereocenters. The number of anilines is 1.